The number of nitrogens with two attached hydrogens (primary N) is 2. The van der Waals surface area contributed by atoms with Gasteiger partial charge in [-0.15, -0.1) is 0 Å². The van der Waals surface area contributed by atoms with Gasteiger partial charge in [-0.05, 0) is 43.9 Å². The molecule has 0 spiro atoms. The molecule has 0 radical (unpaired) electrons. The van der Waals surface area contributed by atoms with Gasteiger partial charge in [0.25, 0.3) is 0 Å². The van der Waals surface area contributed by atoms with Crippen LogP contribution in [0, 0.1) is 19.8 Å². The molecular formula is C15H24N2O2. The third kappa shape index (κ3) is 4.56. The molecule has 1 amide bonds. The summed E-state index contributed by atoms with van der Waals surface area (Å²) in [4.78, 5) is 11.0. The van der Waals surface area contributed by atoms with E-state index in [1.54, 1.807) is 6.92 Å². The second-order valence-corrected chi connectivity index (χ2v) is 5.35. The van der Waals surface area contributed by atoms with Crippen molar-refractivity contribution in [3.8, 4) is 5.75 Å². The third-order valence-corrected chi connectivity index (χ3v) is 3.04. The molecule has 4 heteroatoms. The smallest absolute Gasteiger partial charge is 0.223 e. The van der Waals surface area contributed by atoms with E-state index in [0.717, 1.165) is 23.3 Å². The van der Waals surface area contributed by atoms with Gasteiger partial charge in [0.1, 0.15) is 5.75 Å². The predicted octanol–water partition coefficient (Wildman–Crippen LogP) is 1.69. The summed E-state index contributed by atoms with van der Waals surface area (Å²) < 4.78 is 5.72. The van der Waals surface area contributed by atoms with Crippen LogP contribution >= 0.6 is 0 Å². The molecule has 4 nitrogen and oxygen atoms in total. The molecule has 2 atom stereocenters. The van der Waals surface area contributed by atoms with E-state index in [-0.39, 0.29) is 17.9 Å². The van der Waals surface area contributed by atoms with Crippen LogP contribution in [0.4, 0.5) is 0 Å². The first-order valence-corrected chi connectivity index (χ1v) is 6.59. The summed E-state index contributed by atoms with van der Waals surface area (Å²) in [6.45, 7) is 8.06. The Balaban J connectivity index is 2.82. The second kappa shape index (κ2) is 6.57. The highest BCUT2D eigenvalue weighted by atomic mass is 16.5. The normalized spacial score (nSPS) is 13.9. The molecule has 0 aliphatic rings. The summed E-state index contributed by atoms with van der Waals surface area (Å²) in [5.74, 6) is 0.202. The molecule has 0 aromatic heterocycles. The van der Waals surface area contributed by atoms with Crippen molar-refractivity contribution in [3.05, 3.63) is 28.8 Å². The maximum Gasteiger partial charge on any atom is 0.223 e. The zero-order chi connectivity index (χ0) is 14.6. The van der Waals surface area contributed by atoms with Crippen molar-refractivity contribution in [3.63, 3.8) is 0 Å². The van der Waals surface area contributed by atoms with Gasteiger partial charge in [0.2, 0.25) is 5.91 Å². The van der Waals surface area contributed by atoms with Gasteiger partial charge in [-0.1, -0.05) is 19.1 Å². The number of amides is 1. The quantitative estimate of drug-likeness (QED) is 0.820. The zero-order valence-electron chi connectivity index (χ0n) is 12.2. The standard InChI is InChI=1S/C15H24N2O2/c1-9-5-13(7-12(4)16)6-10(2)14(9)19-8-11(3)15(17)18/h5-6,11-12H,7-8,16H2,1-4H3,(H2,17,18). The van der Waals surface area contributed by atoms with Crippen molar-refractivity contribution in [2.45, 2.75) is 40.2 Å². The highest BCUT2D eigenvalue weighted by Crippen LogP contribution is 2.25. The van der Waals surface area contributed by atoms with Crippen molar-refractivity contribution < 1.29 is 9.53 Å². The van der Waals surface area contributed by atoms with Crippen LogP contribution in [-0.2, 0) is 11.2 Å². The molecule has 0 saturated carbocycles. The maximum atomic E-state index is 11.0. The number of aryl methyl sites for hydroxylation is 2. The Labute approximate surface area is 115 Å². The van der Waals surface area contributed by atoms with Crippen molar-refractivity contribution in [2.75, 3.05) is 6.61 Å². The van der Waals surface area contributed by atoms with Crippen molar-refractivity contribution in [1.29, 1.82) is 0 Å². The van der Waals surface area contributed by atoms with Crippen LogP contribution in [0.3, 0.4) is 0 Å². The lowest BCUT2D eigenvalue weighted by Gasteiger charge is -2.16. The fraction of sp³-hybridized carbons (Fsp3) is 0.533. The van der Waals surface area contributed by atoms with Crippen molar-refractivity contribution in [1.82, 2.24) is 0 Å². The summed E-state index contributed by atoms with van der Waals surface area (Å²) in [7, 11) is 0. The van der Waals surface area contributed by atoms with Crippen LogP contribution in [0.5, 0.6) is 5.75 Å². The molecule has 1 aromatic rings. The molecule has 0 aliphatic carbocycles. The van der Waals surface area contributed by atoms with E-state index in [4.69, 9.17) is 16.2 Å². The van der Waals surface area contributed by atoms with Crippen molar-refractivity contribution >= 4 is 5.91 Å². The largest absolute Gasteiger partial charge is 0.492 e. The number of hydrogen-bond donors (Lipinski definition) is 2. The van der Waals surface area contributed by atoms with Crippen LogP contribution in [0.25, 0.3) is 0 Å². The van der Waals surface area contributed by atoms with Gasteiger partial charge in [0, 0.05) is 6.04 Å². The van der Waals surface area contributed by atoms with E-state index in [1.165, 1.54) is 5.56 Å². The van der Waals surface area contributed by atoms with Crippen LogP contribution < -0.4 is 16.2 Å². The maximum absolute atomic E-state index is 11.0. The van der Waals surface area contributed by atoms with Crippen molar-refractivity contribution in [2.24, 2.45) is 17.4 Å². The number of benzene rings is 1. The van der Waals surface area contributed by atoms with Gasteiger partial charge in [-0.3, -0.25) is 4.79 Å². The zero-order valence-corrected chi connectivity index (χ0v) is 12.2. The Morgan fingerprint density at radius 3 is 2.21 bits per heavy atom. The average molecular weight is 264 g/mol. The highest BCUT2D eigenvalue weighted by molar-refractivity contribution is 5.76. The van der Waals surface area contributed by atoms with Crippen LogP contribution in [-0.4, -0.2) is 18.6 Å². The van der Waals surface area contributed by atoms with Crippen LogP contribution in [0.2, 0.25) is 0 Å². The lowest BCUT2D eigenvalue weighted by atomic mass is 10.0. The van der Waals surface area contributed by atoms with Gasteiger partial charge in [-0.2, -0.15) is 0 Å². The van der Waals surface area contributed by atoms with E-state index >= 15 is 0 Å². The van der Waals surface area contributed by atoms with Crippen LogP contribution in [0.15, 0.2) is 12.1 Å². The van der Waals surface area contributed by atoms with E-state index in [1.807, 2.05) is 20.8 Å². The molecule has 0 bridgehead atoms. The van der Waals surface area contributed by atoms with Gasteiger partial charge < -0.3 is 16.2 Å². The fourth-order valence-electron chi connectivity index (χ4n) is 2.05. The minimum absolute atomic E-state index is 0.139. The average Bonchev–Trinajstić information content (AvgIpc) is 2.26. The Hall–Kier alpha value is -1.55. The summed E-state index contributed by atoms with van der Waals surface area (Å²) in [5.41, 5.74) is 14.4. The summed E-state index contributed by atoms with van der Waals surface area (Å²) in [6.07, 6.45) is 0.847. The lowest BCUT2D eigenvalue weighted by Crippen LogP contribution is -2.26. The Morgan fingerprint density at radius 2 is 1.79 bits per heavy atom. The summed E-state index contributed by atoms with van der Waals surface area (Å²) >= 11 is 0. The first kappa shape index (κ1) is 15.5. The molecule has 4 N–H and O–H groups in total. The number of carbonyl (C=O) groups is 1. The lowest BCUT2D eigenvalue weighted by molar-refractivity contribution is -0.122. The molecule has 1 aromatic carbocycles. The van der Waals surface area contributed by atoms with E-state index in [2.05, 4.69) is 12.1 Å². The number of primary amides is 1. The first-order valence-electron chi connectivity index (χ1n) is 6.59. The topological polar surface area (TPSA) is 78.3 Å². The first-order chi connectivity index (χ1) is 8.81. The van der Waals surface area contributed by atoms with Crippen LogP contribution in [0.1, 0.15) is 30.5 Å². The van der Waals surface area contributed by atoms with Gasteiger partial charge in [0.15, 0.2) is 0 Å². The summed E-state index contributed by atoms with van der Waals surface area (Å²) in [5, 5.41) is 0. The molecule has 0 aliphatic heterocycles. The number of rotatable bonds is 6. The van der Waals surface area contributed by atoms with E-state index in [9.17, 15) is 4.79 Å². The molecule has 0 saturated heterocycles. The molecule has 0 fully saturated rings. The van der Waals surface area contributed by atoms with E-state index in [0.29, 0.717) is 6.61 Å². The second-order valence-electron chi connectivity index (χ2n) is 5.35. The number of carbonyl (C=O) groups excluding carboxylic acids is 1. The summed E-state index contributed by atoms with van der Waals surface area (Å²) in [6, 6.07) is 4.31. The molecular weight excluding hydrogens is 240 g/mol. The highest BCUT2D eigenvalue weighted by Gasteiger charge is 2.12. The molecule has 1 rings (SSSR count). The number of ether oxygens (including phenoxy) is 1. The minimum Gasteiger partial charge on any atom is -0.492 e. The number of hydrogen-bond acceptors (Lipinski definition) is 3. The Bertz CT molecular complexity index is 432. The molecule has 19 heavy (non-hydrogen) atoms. The predicted molar refractivity (Wildman–Crippen MR) is 77.1 cm³/mol. The van der Waals surface area contributed by atoms with Gasteiger partial charge >= 0.3 is 0 Å². The fourth-order valence-corrected chi connectivity index (χ4v) is 2.05. The van der Waals surface area contributed by atoms with Gasteiger partial charge in [-0.25, -0.2) is 0 Å². The minimum atomic E-state index is -0.344. The molecule has 0 heterocycles. The monoisotopic (exact) mass is 264 g/mol. The van der Waals surface area contributed by atoms with E-state index < -0.39 is 0 Å². The molecule has 2 unspecified atom stereocenters. The molecule has 106 valence electrons. The third-order valence-electron chi connectivity index (χ3n) is 3.04. The Morgan fingerprint density at radius 1 is 1.26 bits per heavy atom. The Kier molecular flexibility index (Phi) is 5.36. The SMILES string of the molecule is Cc1cc(CC(C)N)cc(C)c1OCC(C)C(N)=O. The van der Waals surface area contributed by atoms with Gasteiger partial charge in [0.05, 0.1) is 12.5 Å².